The van der Waals surface area contributed by atoms with Crippen LogP contribution in [0.4, 0.5) is 0 Å². The van der Waals surface area contributed by atoms with E-state index in [0.29, 0.717) is 0 Å². The molecule has 0 rings (SSSR count). The molecule has 0 bridgehead atoms. The summed E-state index contributed by atoms with van der Waals surface area (Å²) in [6.45, 7) is 0. The Morgan fingerprint density at radius 3 is 2.25 bits per heavy atom. The van der Waals surface area contributed by atoms with E-state index in [1.54, 1.807) is 7.11 Å². The Morgan fingerprint density at radius 1 is 2.00 bits per heavy atom. The molecule has 0 aliphatic carbocycles. The predicted octanol–water partition coefficient (Wildman–Crippen LogP) is -0.241. The average molecular weight is 118 g/mol. The summed E-state index contributed by atoms with van der Waals surface area (Å²) in [6.07, 6.45) is 0. The van der Waals surface area contributed by atoms with Crippen LogP contribution in [0.1, 0.15) is 0 Å². The summed E-state index contributed by atoms with van der Waals surface area (Å²) < 4.78 is 4.54. The maximum absolute atomic E-state index is 4.54. The third-order valence-electron chi connectivity index (χ3n) is 0.144. The zero-order valence-electron chi connectivity index (χ0n) is 2.62. The molecule has 0 spiro atoms. The molecule has 0 aliphatic heterocycles. The molecule has 0 aromatic carbocycles. The maximum atomic E-state index is 4.54. The molecular formula is C2H5GeO. The van der Waals surface area contributed by atoms with Gasteiger partial charge in [-0.05, 0) is 0 Å². The Bertz CT molecular complexity index is 8.00. The van der Waals surface area contributed by atoms with Crippen LogP contribution in [0.5, 0.6) is 0 Å². The first kappa shape index (κ1) is 4.50. The third kappa shape index (κ3) is 2.50. The fourth-order valence-electron chi connectivity index (χ4n) is 0. The number of rotatable bonds is 1. The van der Waals surface area contributed by atoms with Gasteiger partial charge in [-0.2, -0.15) is 0 Å². The van der Waals surface area contributed by atoms with Crippen molar-refractivity contribution >= 4 is 16.5 Å². The fourth-order valence-corrected chi connectivity index (χ4v) is 0. The molecule has 2 heteroatoms. The Morgan fingerprint density at radius 2 is 2.25 bits per heavy atom. The van der Waals surface area contributed by atoms with Gasteiger partial charge in [-0.15, -0.1) is 0 Å². The van der Waals surface area contributed by atoms with Crippen LogP contribution in [-0.4, -0.2) is 29.1 Å². The molecule has 0 aromatic rings. The second-order valence-corrected chi connectivity index (χ2v) is 1.04. The van der Waals surface area contributed by atoms with Crippen molar-refractivity contribution in [1.29, 1.82) is 0 Å². The van der Waals surface area contributed by atoms with E-state index in [2.05, 4.69) is 4.74 Å². The zero-order valence-corrected chi connectivity index (χ0v) is 4.71. The van der Waals surface area contributed by atoms with Gasteiger partial charge >= 0.3 is 33.8 Å². The zero-order chi connectivity index (χ0) is 3.41. The van der Waals surface area contributed by atoms with Crippen molar-refractivity contribution in [3.63, 3.8) is 0 Å². The van der Waals surface area contributed by atoms with Gasteiger partial charge in [0.15, 0.2) is 0 Å². The Hall–Kier alpha value is 0.503. The summed E-state index contributed by atoms with van der Waals surface area (Å²) >= 11 is 1.96. The van der Waals surface area contributed by atoms with Gasteiger partial charge in [0.05, 0.1) is 0 Å². The average Bonchev–Trinajstić information content (AvgIpc) is 1.37. The van der Waals surface area contributed by atoms with Gasteiger partial charge in [-0.1, -0.05) is 0 Å². The molecule has 0 atom stereocenters. The molecule has 1 nitrogen and oxygen atoms in total. The van der Waals surface area contributed by atoms with Crippen molar-refractivity contribution in [2.24, 2.45) is 0 Å². The van der Waals surface area contributed by atoms with Crippen molar-refractivity contribution in [2.75, 3.05) is 12.5 Å². The summed E-state index contributed by atoms with van der Waals surface area (Å²) in [7, 11) is 1.68. The molecule has 0 fully saturated rings. The van der Waals surface area contributed by atoms with Crippen molar-refractivity contribution in [3.8, 4) is 0 Å². The summed E-state index contributed by atoms with van der Waals surface area (Å²) in [5.74, 6) is 0. The molecule has 23 valence electrons. The van der Waals surface area contributed by atoms with Crippen LogP contribution in [0, 0.1) is 0 Å². The van der Waals surface area contributed by atoms with Gasteiger partial charge in [-0.25, -0.2) is 0 Å². The van der Waals surface area contributed by atoms with Crippen molar-refractivity contribution in [3.05, 3.63) is 0 Å². The molecule has 0 aliphatic rings. The van der Waals surface area contributed by atoms with Gasteiger partial charge in [0.1, 0.15) is 0 Å². The van der Waals surface area contributed by atoms with Gasteiger partial charge in [0.2, 0.25) is 0 Å². The van der Waals surface area contributed by atoms with E-state index in [-0.39, 0.29) is 0 Å². The van der Waals surface area contributed by atoms with Gasteiger partial charge < -0.3 is 0 Å². The summed E-state index contributed by atoms with van der Waals surface area (Å²) in [5, 5.41) is 0. The number of methoxy groups -OCH3 is 1. The van der Waals surface area contributed by atoms with Crippen LogP contribution in [-0.2, 0) is 4.74 Å². The molecule has 0 aromatic heterocycles. The van der Waals surface area contributed by atoms with Crippen LogP contribution >= 0.6 is 0 Å². The van der Waals surface area contributed by atoms with Crippen LogP contribution in [0.25, 0.3) is 0 Å². The van der Waals surface area contributed by atoms with E-state index in [9.17, 15) is 0 Å². The monoisotopic (exact) mass is 119 g/mol. The van der Waals surface area contributed by atoms with E-state index in [1.807, 2.05) is 16.5 Å². The van der Waals surface area contributed by atoms with Crippen molar-refractivity contribution in [2.45, 2.75) is 0 Å². The summed E-state index contributed by atoms with van der Waals surface area (Å²) in [4.78, 5) is 0. The molecule has 0 unspecified atom stereocenters. The normalized spacial score (nSPS) is 7.50. The molecule has 0 saturated carbocycles. The van der Waals surface area contributed by atoms with E-state index in [1.165, 1.54) is 0 Å². The number of ether oxygens (including phenoxy) is 1. The first-order chi connectivity index (χ1) is 1.91. The number of hydrogen-bond acceptors (Lipinski definition) is 1. The minimum atomic E-state index is 0.819. The van der Waals surface area contributed by atoms with Crippen molar-refractivity contribution < 1.29 is 4.74 Å². The molecule has 0 amide bonds. The van der Waals surface area contributed by atoms with Crippen LogP contribution in [0.3, 0.4) is 0 Å². The second-order valence-electron chi connectivity index (χ2n) is 0.433. The minimum absolute atomic E-state index is 0.819. The summed E-state index contributed by atoms with van der Waals surface area (Å²) in [5.41, 5.74) is 0.819. The molecule has 3 radical (unpaired) electrons. The van der Waals surface area contributed by atoms with E-state index in [0.717, 1.165) is 5.44 Å². The standard InChI is InChI=1S/C2H5GeO/c1-4-2-3/h2H2,1H3. The molecule has 0 N–H and O–H groups in total. The van der Waals surface area contributed by atoms with Gasteiger partial charge in [0, 0.05) is 0 Å². The topological polar surface area (TPSA) is 9.23 Å². The van der Waals surface area contributed by atoms with E-state index < -0.39 is 0 Å². The molecule has 0 heterocycles. The predicted molar refractivity (Wildman–Crippen MR) is 17.6 cm³/mol. The Balaban J connectivity index is 1.97. The Kier molecular flexibility index (Phi) is 3.94. The van der Waals surface area contributed by atoms with Crippen LogP contribution in [0.2, 0.25) is 0 Å². The van der Waals surface area contributed by atoms with Crippen molar-refractivity contribution in [1.82, 2.24) is 0 Å². The van der Waals surface area contributed by atoms with Gasteiger partial charge in [-0.3, -0.25) is 0 Å². The number of hydrogen-bond donors (Lipinski definition) is 0. The Labute approximate surface area is 34.6 Å². The second kappa shape index (κ2) is 3.50. The first-order valence-electron chi connectivity index (χ1n) is 1.05. The molecule has 0 saturated heterocycles. The fraction of sp³-hybridized carbons (Fsp3) is 1.00. The SMILES string of the molecule is CO[CH2][Ge]. The van der Waals surface area contributed by atoms with Crippen LogP contribution < -0.4 is 0 Å². The van der Waals surface area contributed by atoms with E-state index >= 15 is 0 Å². The summed E-state index contributed by atoms with van der Waals surface area (Å²) in [6, 6.07) is 0. The van der Waals surface area contributed by atoms with Crippen LogP contribution in [0.15, 0.2) is 0 Å². The molecule has 4 heavy (non-hydrogen) atoms. The first-order valence-corrected chi connectivity index (χ1v) is 2.53. The quantitative estimate of drug-likeness (QED) is 0.431. The van der Waals surface area contributed by atoms with Gasteiger partial charge in [0.25, 0.3) is 0 Å². The van der Waals surface area contributed by atoms with E-state index in [4.69, 9.17) is 0 Å². The third-order valence-corrected chi connectivity index (χ3v) is 0.750. The molecular weight excluding hydrogens is 113 g/mol.